The quantitative estimate of drug-likeness (QED) is 0.119. The Morgan fingerprint density at radius 1 is 0.978 bits per heavy atom. The Labute approximate surface area is 270 Å². The molecule has 10 heteroatoms. The number of Topliss-reactive ketones (excluding diaryl/α,β-unsaturated/α-hetero) is 1. The summed E-state index contributed by atoms with van der Waals surface area (Å²) in [6.45, 7) is 3.29. The summed E-state index contributed by atoms with van der Waals surface area (Å²) in [5.41, 5.74) is 1.17. The summed E-state index contributed by atoms with van der Waals surface area (Å²) >= 11 is 0. The highest BCUT2D eigenvalue weighted by Crippen LogP contribution is 2.33. The molecular weight excluding hydrogens is 590 g/mol. The second-order valence-corrected chi connectivity index (χ2v) is 11.2. The first-order valence-corrected chi connectivity index (χ1v) is 15.8. The van der Waals surface area contributed by atoms with E-state index in [-0.39, 0.29) is 36.1 Å². The van der Waals surface area contributed by atoms with Gasteiger partial charge >= 0.3 is 11.9 Å². The number of para-hydroxylation sites is 1. The van der Waals surface area contributed by atoms with Crippen LogP contribution in [0.5, 0.6) is 17.2 Å². The van der Waals surface area contributed by atoms with Crippen molar-refractivity contribution >= 4 is 17.7 Å². The number of ether oxygens (including phenoxy) is 6. The van der Waals surface area contributed by atoms with Gasteiger partial charge in [0.2, 0.25) is 6.79 Å². The zero-order valence-electron chi connectivity index (χ0n) is 26.7. The molecule has 246 valence electrons. The van der Waals surface area contributed by atoms with E-state index in [1.165, 1.54) is 24.9 Å². The standard InChI is InChI=1S/C36H43NO9/c1-4-42-23-32(39)43-24-44-35-31(41-3)19-20-37-33(35)30(38)22-28-16-12-11-15-27(21-26-13-7-5-8-14-26)34(25(2)45-36(28)40)46-29-17-9-6-10-18-29/h5-10,13-14,17-20,25,27-28,34H,4,11-12,15-16,21-24H2,1-3H3/t25-,27+,28+,34-/m0/s1. The normalized spacial score (nSPS) is 20.2. The second kappa shape index (κ2) is 17.9. The number of rotatable bonds is 14. The van der Waals surface area contributed by atoms with Crippen molar-refractivity contribution in [2.24, 2.45) is 11.8 Å². The number of carbonyl (C=O) groups excluding carboxylic acids is 3. The van der Waals surface area contributed by atoms with Gasteiger partial charge in [-0.05, 0) is 50.8 Å². The lowest BCUT2D eigenvalue weighted by molar-refractivity contribution is -0.160. The molecule has 4 rings (SSSR count). The van der Waals surface area contributed by atoms with Crippen molar-refractivity contribution < 1.29 is 42.8 Å². The van der Waals surface area contributed by atoms with Crippen LogP contribution in [-0.2, 0) is 30.2 Å². The van der Waals surface area contributed by atoms with Gasteiger partial charge < -0.3 is 28.4 Å². The van der Waals surface area contributed by atoms with Crippen molar-refractivity contribution in [1.82, 2.24) is 4.98 Å². The fraction of sp³-hybridized carbons (Fsp3) is 0.444. The largest absolute Gasteiger partial charge is 0.493 e. The molecule has 1 aromatic heterocycles. The molecule has 1 aliphatic heterocycles. The Bertz CT molecular complexity index is 1400. The average molecular weight is 634 g/mol. The van der Waals surface area contributed by atoms with E-state index in [0.717, 1.165) is 25.7 Å². The molecule has 0 N–H and O–H groups in total. The van der Waals surface area contributed by atoms with Crippen LogP contribution < -0.4 is 14.2 Å². The predicted octanol–water partition coefficient (Wildman–Crippen LogP) is 6.01. The van der Waals surface area contributed by atoms with Gasteiger partial charge in [0, 0.05) is 31.2 Å². The van der Waals surface area contributed by atoms with Crippen LogP contribution in [0, 0.1) is 11.8 Å². The molecule has 4 atom stereocenters. The number of carbonyl (C=O) groups is 3. The molecule has 1 saturated heterocycles. The summed E-state index contributed by atoms with van der Waals surface area (Å²) in [7, 11) is 1.43. The van der Waals surface area contributed by atoms with Gasteiger partial charge in [-0.1, -0.05) is 61.4 Å². The van der Waals surface area contributed by atoms with Crippen LogP contribution in [0.15, 0.2) is 72.9 Å². The molecule has 2 aromatic carbocycles. The van der Waals surface area contributed by atoms with Crippen LogP contribution in [0.1, 0.15) is 62.0 Å². The van der Waals surface area contributed by atoms with E-state index < -0.39 is 42.6 Å². The maximum Gasteiger partial charge on any atom is 0.334 e. The summed E-state index contributed by atoms with van der Waals surface area (Å²) in [6, 6.07) is 21.3. The highest BCUT2D eigenvalue weighted by Gasteiger charge is 2.35. The number of methoxy groups -OCH3 is 1. The van der Waals surface area contributed by atoms with E-state index in [0.29, 0.717) is 18.8 Å². The molecule has 0 saturated carbocycles. The molecule has 0 unspecified atom stereocenters. The lowest BCUT2D eigenvalue weighted by Gasteiger charge is -2.34. The maximum absolute atomic E-state index is 13.6. The van der Waals surface area contributed by atoms with Crippen molar-refractivity contribution in [3.63, 3.8) is 0 Å². The first kappa shape index (κ1) is 34.4. The Balaban J connectivity index is 1.49. The molecule has 0 amide bonds. The molecule has 1 fully saturated rings. The first-order chi connectivity index (χ1) is 22.4. The van der Waals surface area contributed by atoms with Gasteiger partial charge in [-0.15, -0.1) is 0 Å². The van der Waals surface area contributed by atoms with E-state index >= 15 is 0 Å². The number of pyridine rings is 1. The van der Waals surface area contributed by atoms with Crippen molar-refractivity contribution in [3.05, 3.63) is 84.2 Å². The first-order valence-electron chi connectivity index (χ1n) is 15.8. The summed E-state index contributed by atoms with van der Waals surface area (Å²) in [4.78, 5) is 43.3. The fourth-order valence-corrected chi connectivity index (χ4v) is 5.61. The van der Waals surface area contributed by atoms with Gasteiger partial charge in [0.15, 0.2) is 23.0 Å². The van der Waals surface area contributed by atoms with Crippen LogP contribution in [-0.4, -0.2) is 62.0 Å². The number of hydrogen-bond donors (Lipinski definition) is 0. The van der Waals surface area contributed by atoms with E-state index in [9.17, 15) is 14.4 Å². The van der Waals surface area contributed by atoms with Crippen molar-refractivity contribution in [2.75, 3.05) is 27.1 Å². The number of cyclic esters (lactones) is 1. The summed E-state index contributed by atoms with van der Waals surface area (Å²) in [6.07, 6.45) is 4.04. The topological polar surface area (TPSA) is 119 Å². The molecule has 0 radical (unpaired) electrons. The third-order valence-corrected chi connectivity index (χ3v) is 7.93. The molecule has 2 heterocycles. The molecule has 10 nitrogen and oxygen atoms in total. The minimum Gasteiger partial charge on any atom is -0.493 e. The van der Waals surface area contributed by atoms with Gasteiger partial charge in [0.05, 0.1) is 13.0 Å². The van der Waals surface area contributed by atoms with Crippen molar-refractivity contribution in [3.8, 4) is 17.2 Å². The fourth-order valence-electron chi connectivity index (χ4n) is 5.61. The summed E-state index contributed by atoms with van der Waals surface area (Å²) in [5, 5.41) is 0. The van der Waals surface area contributed by atoms with Gasteiger partial charge in [-0.3, -0.25) is 9.59 Å². The minimum absolute atomic E-state index is 0.0219. The predicted molar refractivity (Wildman–Crippen MR) is 170 cm³/mol. The zero-order valence-corrected chi connectivity index (χ0v) is 26.7. The maximum atomic E-state index is 13.6. The van der Waals surface area contributed by atoms with Crippen LogP contribution in [0.2, 0.25) is 0 Å². The Hall–Kier alpha value is -4.44. The van der Waals surface area contributed by atoms with E-state index in [1.54, 1.807) is 6.92 Å². The van der Waals surface area contributed by atoms with Crippen molar-refractivity contribution in [2.45, 2.75) is 64.6 Å². The Kier molecular flexibility index (Phi) is 13.4. The van der Waals surface area contributed by atoms with Gasteiger partial charge in [0.25, 0.3) is 0 Å². The monoisotopic (exact) mass is 633 g/mol. The second-order valence-electron chi connectivity index (χ2n) is 11.2. The minimum atomic E-state index is -0.692. The zero-order chi connectivity index (χ0) is 32.7. The lowest BCUT2D eigenvalue weighted by atomic mass is 9.84. The summed E-state index contributed by atoms with van der Waals surface area (Å²) < 4.78 is 33.7. The molecule has 46 heavy (non-hydrogen) atoms. The van der Waals surface area contributed by atoms with E-state index in [4.69, 9.17) is 28.4 Å². The number of nitrogens with zero attached hydrogens (tertiary/aromatic N) is 1. The molecule has 3 aromatic rings. The highest BCUT2D eigenvalue weighted by atomic mass is 16.7. The van der Waals surface area contributed by atoms with Crippen LogP contribution in [0.4, 0.5) is 0 Å². The third-order valence-electron chi connectivity index (χ3n) is 7.93. The lowest BCUT2D eigenvalue weighted by Crippen LogP contribution is -2.42. The Morgan fingerprint density at radius 2 is 1.70 bits per heavy atom. The van der Waals surface area contributed by atoms with Crippen molar-refractivity contribution in [1.29, 1.82) is 0 Å². The number of aromatic nitrogens is 1. The van der Waals surface area contributed by atoms with Crippen LogP contribution in [0.3, 0.4) is 0 Å². The number of hydrogen-bond acceptors (Lipinski definition) is 10. The molecular formula is C36H43NO9. The van der Waals surface area contributed by atoms with Crippen LogP contribution in [0.25, 0.3) is 0 Å². The highest BCUT2D eigenvalue weighted by molar-refractivity contribution is 5.99. The molecule has 0 spiro atoms. The van der Waals surface area contributed by atoms with Gasteiger partial charge in [-0.2, -0.15) is 0 Å². The molecule has 0 bridgehead atoms. The SMILES string of the molecule is CCOCC(=O)OCOc1c(OC)ccnc1C(=O)C[C@H]1CCCC[C@H](Cc2ccccc2)[C@@H](Oc2ccccc2)[C@H](C)OC1=O. The van der Waals surface area contributed by atoms with Gasteiger partial charge in [-0.25, -0.2) is 9.78 Å². The molecule has 1 aliphatic rings. The third kappa shape index (κ3) is 10.0. The number of benzene rings is 2. The number of esters is 2. The Morgan fingerprint density at radius 3 is 2.41 bits per heavy atom. The smallest absolute Gasteiger partial charge is 0.334 e. The number of ketones is 1. The van der Waals surface area contributed by atoms with E-state index in [1.807, 2.05) is 55.5 Å². The molecule has 0 aliphatic carbocycles. The summed E-state index contributed by atoms with van der Waals surface area (Å²) in [5.74, 6) is -1.10. The van der Waals surface area contributed by atoms with Gasteiger partial charge in [0.1, 0.15) is 24.6 Å². The van der Waals surface area contributed by atoms with Crippen LogP contribution >= 0.6 is 0 Å². The average Bonchev–Trinajstić information content (AvgIpc) is 3.07. The van der Waals surface area contributed by atoms with E-state index in [2.05, 4.69) is 17.1 Å².